The number of halogens is 3. The Morgan fingerprint density at radius 1 is 0.923 bits per heavy atom. The van der Waals surface area contributed by atoms with Crippen LogP contribution in [-0.4, -0.2) is 43.3 Å². The first-order valence-corrected chi connectivity index (χ1v) is 14.3. The molecule has 0 aliphatic heterocycles. The fourth-order valence-electron chi connectivity index (χ4n) is 3.77. The zero-order chi connectivity index (χ0) is 29.0. The number of carbonyl (C=O) groups is 2. The van der Waals surface area contributed by atoms with E-state index >= 15 is 0 Å². The van der Waals surface area contributed by atoms with Crippen LogP contribution < -0.4 is 9.62 Å². The summed E-state index contributed by atoms with van der Waals surface area (Å²) in [5, 5.41) is 3.42. The number of nitrogens with one attached hydrogen (secondary N) is 1. The molecule has 0 heterocycles. The smallest absolute Gasteiger partial charge is 0.264 e. The Morgan fingerprint density at radius 3 is 2.03 bits per heavy atom. The Kier molecular flexibility index (Phi) is 9.64. The molecular weight excluding hydrogens is 564 g/mol. The van der Waals surface area contributed by atoms with Gasteiger partial charge in [0.1, 0.15) is 18.4 Å². The number of hydrogen-bond acceptors (Lipinski definition) is 4. The summed E-state index contributed by atoms with van der Waals surface area (Å²) in [7, 11) is -4.25. The quantitative estimate of drug-likeness (QED) is 0.347. The third-order valence-corrected chi connectivity index (χ3v) is 8.28. The van der Waals surface area contributed by atoms with Crippen molar-refractivity contribution in [1.82, 2.24) is 10.2 Å². The summed E-state index contributed by atoms with van der Waals surface area (Å²) in [6.07, 6.45) is 0. The molecule has 0 aromatic heterocycles. The molecule has 0 saturated carbocycles. The van der Waals surface area contributed by atoms with Gasteiger partial charge in [0.2, 0.25) is 11.8 Å². The molecule has 3 rings (SSSR count). The van der Waals surface area contributed by atoms with Crippen molar-refractivity contribution in [1.29, 1.82) is 0 Å². The van der Waals surface area contributed by atoms with Crippen molar-refractivity contribution < 1.29 is 22.4 Å². The normalized spacial score (nSPS) is 12.5. The minimum atomic E-state index is -4.25. The van der Waals surface area contributed by atoms with Gasteiger partial charge >= 0.3 is 0 Å². The second-order valence-corrected chi connectivity index (χ2v) is 12.6. The van der Waals surface area contributed by atoms with Crippen molar-refractivity contribution in [3.05, 3.63) is 94.2 Å². The number of hydrogen-bond donors (Lipinski definition) is 1. The van der Waals surface area contributed by atoms with E-state index in [1.807, 2.05) is 0 Å². The predicted octanol–water partition coefficient (Wildman–Crippen LogP) is 5.66. The second kappa shape index (κ2) is 12.4. The zero-order valence-electron chi connectivity index (χ0n) is 22.0. The molecular formula is C28H30Cl2FN3O4S. The van der Waals surface area contributed by atoms with Gasteiger partial charge in [0.25, 0.3) is 10.0 Å². The monoisotopic (exact) mass is 593 g/mol. The van der Waals surface area contributed by atoms with Crippen LogP contribution in [-0.2, 0) is 26.2 Å². The number of anilines is 1. The Hall–Kier alpha value is -3.14. The number of rotatable bonds is 9. The van der Waals surface area contributed by atoms with E-state index in [2.05, 4.69) is 5.32 Å². The van der Waals surface area contributed by atoms with Crippen molar-refractivity contribution in [2.75, 3.05) is 10.8 Å². The molecule has 2 amide bonds. The molecule has 39 heavy (non-hydrogen) atoms. The van der Waals surface area contributed by atoms with Gasteiger partial charge in [-0.25, -0.2) is 12.8 Å². The Labute approximate surface area is 238 Å². The highest BCUT2D eigenvalue weighted by Crippen LogP contribution is 2.28. The molecule has 7 nitrogen and oxygen atoms in total. The lowest BCUT2D eigenvalue weighted by Gasteiger charge is -2.33. The fourth-order valence-corrected chi connectivity index (χ4v) is 5.72. The maximum atomic E-state index is 13.9. The molecule has 11 heteroatoms. The Balaban J connectivity index is 2.06. The Bertz CT molecular complexity index is 1410. The van der Waals surface area contributed by atoms with Gasteiger partial charge in [-0.1, -0.05) is 47.5 Å². The van der Waals surface area contributed by atoms with Crippen LogP contribution in [0, 0.1) is 5.82 Å². The van der Waals surface area contributed by atoms with E-state index in [9.17, 15) is 22.4 Å². The molecule has 1 atom stereocenters. The summed E-state index contributed by atoms with van der Waals surface area (Å²) in [6, 6.07) is 16.2. The number of benzene rings is 3. The van der Waals surface area contributed by atoms with E-state index in [0.717, 1.165) is 16.4 Å². The largest absolute Gasteiger partial charge is 0.350 e. The molecule has 0 bridgehead atoms. The van der Waals surface area contributed by atoms with E-state index in [4.69, 9.17) is 23.2 Å². The first-order chi connectivity index (χ1) is 18.2. The zero-order valence-corrected chi connectivity index (χ0v) is 24.3. The van der Waals surface area contributed by atoms with Crippen molar-refractivity contribution >= 4 is 50.7 Å². The molecule has 0 spiro atoms. The minimum absolute atomic E-state index is 0.0543. The SMILES string of the molecule is C[C@H](C(=O)NC(C)(C)C)N(Cc1c(Cl)cccc1Cl)C(=O)CN(c1ccc(F)cc1)S(=O)(=O)c1ccccc1. The van der Waals surface area contributed by atoms with Crippen molar-refractivity contribution in [2.45, 2.75) is 50.7 Å². The molecule has 208 valence electrons. The summed E-state index contributed by atoms with van der Waals surface area (Å²) in [4.78, 5) is 28.2. The van der Waals surface area contributed by atoms with E-state index in [1.54, 1.807) is 57.2 Å². The molecule has 0 unspecified atom stereocenters. The van der Waals surface area contributed by atoms with Crippen LogP contribution in [0.4, 0.5) is 10.1 Å². The standard InChI is InChI=1S/C28H30Cl2FN3O4S/c1-19(27(36)32-28(2,3)4)33(17-23-24(29)11-8-12-25(23)30)26(35)18-34(21-15-13-20(31)14-16-21)39(37,38)22-9-6-5-7-10-22/h5-16,19H,17-18H2,1-4H3,(H,32,36)/t19-/m1/s1. The highest BCUT2D eigenvalue weighted by molar-refractivity contribution is 7.92. The Morgan fingerprint density at radius 2 is 1.49 bits per heavy atom. The molecule has 0 saturated heterocycles. The van der Waals surface area contributed by atoms with Crippen LogP contribution in [0.1, 0.15) is 33.3 Å². The van der Waals surface area contributed by atoms with E-state index in [0.29, 0.717) is 5.56 Å². The fraction of sp³-hybridized carbons (Fsp3) is 0.286. The van der Waals surface area contributed by atoms with Crippen LogP contribution >= 0.6 is 23.2 Å². The predicted molar refractivity (Wildman–Crippen MR) is 152 cm³/mol. The maximum Gasteiger partial charge on any atom is 0.264 e. The number of sulfonamides is 1. The van der Waals surface area contributed by atoms with Gasteiger partial charge in [0.15, 0.2) is 0 Å². The van der Waals surface area contributed by atoms with E-state index in [1.165, 1.54) is 36.1 Å². The average molecular weight is 595 g/mol. The second-order valence-electron chi connectivity index (χ2n) is 9.94. The van der Waals surface area contributed by atoms with Gasteiger partial charge in [0, 0.05) is 27.7 Å². The van der Waals surface area contributed by atoms with Gasteiger partial charge in [0.05, 0.1) is 10.6 Å². The first kappa shape index (κ1) is 30.4. The molecule has 0 fully saturated rings. The van der Waals surface area contributed by atoms with Crippen molar-refractivity contribution in [3.8, 4) is 0 Å². The third-order valence-electron chi connectivity index (χ3n) is 5.78. The molecule has 3 aromatic carbocycles. The summed E-state index contributed by atoms with van der Waals surface area (Å²) < 4.78 is 41.9. The van der Waals surface area contributed by atoms with Crippen LogP contribution in [0.2, 0.25) is 10.0 Å². The summed E-state index contributed by atoms with van der Waals surface area (Å²) >= 11 is 12.7. The van der Waals surface area contributed by atoms with Crippen LogP contribution in [0.15, 0.2) is 77.7 Å². The van der Waals surface area contributed by atoms with Crippen molar-refractivity contribution in [2.24, 2.45) is 0 Å². The van der Waals surface area contributed by atoms with Gasteiger partial charge in [-0.3, -0.25) is 13.9 Å². The van der Waals surface area contributed by atoms with Crippen LogP contribution in [0.5, 0.6) is 0 Å². The third kappa shape index (κ3) is 7.71. The number of amides is 2. The number of nitrogens with zero attached hydrogens (tertiary/aromatic N) is 2. The van der Waals surface area contributed by atoms with Crippen LogP contribution in [0.3, 0.4) is 0 Å². The summed E-state index contributed by atoms with van der Waals surface area (Å²) in [5.41, 5.74) is -0.0984. The topological polar surface area (TPSA) is 86.8 Å². The van der Waals surface area contributed by atoms with Gasteiger partial charge < -0.3 is 10.2 Å². The van der Waals surface area contributed by atoms with E-state index in [-0.39, 0.29) is 27.2 Å². The molecule has 0 aliphatic carbocycles. The van der Waals surface area contributed by atoms with Crippen molar-refractivity contribution in [3.63, 3.8) is 0 Å². The highest BCUT2D eigenvalue weighted by atomic mass is 35.5. The summed E-state index contributed by atoms with van der Waals surface area (Å²) in [5.74, 6) is -1.70. The molecule has 1 N–H and O–H groups in total. The van der Waals surface area contributed by atoms with Gasteiger partial charge in [-0.05, 0) is 76.2 Å². The molecule has 3 aromatic rings. The lowest BCUT2D eigenvalue weighted by molar-refractivity contribution is -0.140. The van der Waals surface area contributed by atoms with E-state index < -0.39 is 45.8 Å². The lowest BCUT2D eigenvalue weighted by Crippen LogP contribution is -2.54. The lowest BCUT2D eigenvalue weighted by atomic mass is 10.1. The molecule has 0 radical (unpaired) electrons. The highest BCUT2D eigenvalue weighted by Gasteiger charge is 2.34. The van der Waals surface area contributed by atoms with Gasteiger partial charge in [-0.2, -0.15) is 0 Å². The van der Waals surface area contributed by atoms with Crippen LogP contribution in [0.25, 0.3) is 0 Å². The van der Waals surface area contributed by atoms with Gasteiger partial charge in [-0.15, -0.1) is 0 Å². The number of carbonyl (C=O) groups excluding carboxylic acids is 2. The maximum absolute atomic E-state index is 13.9. The molecule has 0 aliphatic rings. The first-order valence-electron chi connectivity index (χ1n) is 12.1. The minimum Gasteiger partial charge on any atom is -0.350 e. The average Bonchev–Trinajstić information content (AvgIpc) is 2.86. The summed E-state index contributed by atoms with van der Waals surface area (Å²) in [6.45, 7) is 6.13.